The zero-order chi connectivity index (χ0) is 18.6. The fourth-order valence-corrected chi connectivity index (χ4v) is 4.84. The Labute approximate surface area is 167 Å². The molecule has 3 aromatic rings. The van der Waals surface area contributed by atoms with Gasteiger partial charge in [0.2, 0.25) is 6.54 Å². The highest BCUT2D eigenvalue weighted by molar-refractivity contribution is 7.12. The number of hydrogen-bond donors (Lipinski definition) is 0. The Kier molecular flexibility index (Phi) is 5.45. The van der Waals surface area contributed by atoms with E-state index < -0.39 is 0 Å². The van der Waals surface area contributed by atoms with Gasteiger partial charge in [0.1, 0.15) is 0 Å². The average Bonchev–Trinajstić information content (AvgIpc) is 3.43. The predicted octanol–water partition coefficient (Wildman–Crippen LogP) is 4.43. The summed E-state index contributed by atoms with van der Waals surface area (Å²) in [7, 11) is 0. The van der Waals surface area contributed by atoms with Crippen molar-refractivity contribution in [2.45, 2.75) is 38.8 Å². The van der Waals surface area contributed by atoms with Crippen LogP contribution in [0.1, 0.15) is 41.1 Å². The highest BCUT2D eigenvalue weighted by Crippen LogP contribution is 2.35. The molecule has 6 heteroatoms. The third kappa shape index (κ3) is 4.01. The molecule has 1 aliphatic rings. The van der Waals surface area contributed by atoms with Crippen molar-refractivity contribution in [3.8, 4) is 0 Å². The molecule has 0 aromatic carbocycles. The Morgan fingerprint density at radius 3 is 2.63 bits per heavy atom. The topological polar surface area (TPSA) is 36.5 Å². The third-order valence-electron chi connectivity index (χ3n) is 4.66. The van der Waals surface area contributed by atoms with Crippen molar-refractivity contribution in [1.82, 2.24) is 5.01 Å². The molecule has 4 rings (SSSR count). The van der Waals surface area contributed by atoms with E-state index in [0.717, 1.165) is 29.9 Å². The molecular formula is C21H22N3OS2+. The molecule has 4 nitrogen and oxygen atoms in total. The van der Waals surface area contributed by atoms with E-state index in [4.69, 9.17) is 5.10 Å². The van der Waals surface area contributed by atoms with Gasteiger partial charge in [0, 0.05) is 23.4 Å². The molecule has 0 spiro atoms. The van der Waals surface area contributed by atoms with Crippen molar-refractivity contribution in [2.75, 3.05) is 0 Å². The van der Waals surface area contributed by atoms with Crippen LogP contribution in [0.2, 0.25) is 0 Å². The van der Waals surface area contributed by atoms with Crippen LogP contribution in [-0.4, -0.2) is 16.6 Å². The lowest BCUT2D eigenvalue weighted by Crippen LogP contribution is -2.42. The standard InChI is InChI=1S/C21H22N3OS2/c1-2-5-16-8-10-23(11-9-16)15-21(25)24-18(20-7-4-13-27-20)14-17(22-24)19-6-3-12-26-19/h3-4,6-13,18H,2,5,14-15H2,1H3/q+1/t18-/m1/s1. The second kappa shape index (κ2) is 8.15. The Morgan fingerprint density at radius 2 is 1.96 bits per heavy atom. The van der Waals surface area contributed by atoms with Crippen molar-refractivity contribution < 1.29 is 9.36 Å². The maximum Gasteiger partial charge on any atom is 0.309 e. The van der Waals surface area contributed by atoms with E-state index in [1.807, 2.05) is 29.1 Å². The van der Waals surface area contributed by atoms with Crippen LogP contribution >= 0.6 is 22.7 Å². The van der Waals surface area contributed by atoms with Crippen LogP contribution in [0.3, 0.4) is 0 Å². The minimum atomic E-state index is -0.00503. The van der Waals surface area contributed by atoms with Crippen LogP contribution in [-0.2, 0) is 17.8 Å². The fourth-order valence-electron chi connectivity index (χ4n) is 3.31. The molecule has 0 bridgehead atoms. The Balaban J connectivity index is 1.55. The highest BCUT2D eigenvalue weighted by Gasteiger charge is 2.35. The summed E-state index contributed by atoms with van der Waals surface area (Å²) in [5.41, 5.74) is 2.30. The quantitative estimate of drug-likeness (QED) is 0.568. The third-order valence-corrected chi connectivity index (χ3v) is 6.55. The molecule has 0 radical (unpaired) electrons. The number of rotatable bonds is 6. The van der Waals surface area contributed by atoms with Crippen LogP contribution in [0, 0.1) is 0 Å². The molecule has 27 heavy (non-hydrogen) atoms. The molecular weight excluding hydrogens is 374 g/mol. The average molecular weight is 397 g/mol. The Hall–Kier alpha value is -2.31. The zero-order valence-corrected chi connectivity index (χ0v) is 16.9. The van der Waals surface area contributed by atoms with Crippen molar-refractivity contribution in [3.05, 3.63) is 74.9 Å². The molecule has 0 aliphatic carbocycles. The van der Waals surface area contributed by atoms with Gasteiger partial charge in [0.15, 0.2) is 12.4 Å². The Bertz CT molecular complexity index is 915. The van der Waals surface area contributed by atoms with E-state index in [0.29, 0.717) is 6.54 Å². The minimum Gasteiger partial charge on any atom is -0.265 e. The Morgan fingerprint density at radius 1 is 1.19 bits per heavy atom. The van der Waals surface area contributed by atoms with Gasteiger partial charge in [-0.05, 0) is 34.9 Å². The van der Waals surface area contributed by atoms with Gasteiger partial charge in [-0.1, -0.05) is 25.5 Å². The van der Waals surface area contributed by atoms with E-state index in [2.05, 4.69) is 41.9 Å². The maximum atomic E-state index is 13.1. The minimum absolute atomic E-state index is 0.00503. The van der Waals surface area contributed by atoms with Crippen molar-refractivity contribution in [2.24, 2.45) is 5.10 Å². The number of hydrazone groups is 1. The van der Waals surface area contributed by atoms with E-state index >= 15 is 0 Å². The van der Waals surface area contributed by atoms with Crippen molar-refractivity contribution >= 4 is 34.3 Å². The molecule has 0 unspecified atom stereocenters. The zero-order valence-electron chi connectivity index (χ0n) is 15.2. The molecule has 1 amide bonds. The summed E-state index contributed by atoms with van der Waals surface area (Å²) in [5.74, 6) is 0.0215. The number of carbonyl (C=O) groups is 1. The van der Waals surface area contributed by atoms with E-state index in [9.17, 15) is 4.79 Å². The summed E-state index contributed by atoms with van der Waals surface area (Å²) in [6, 6.07) is 12.4. The molecule has 0 saturated carbocycles. The fraction of sp³-hybridized carbons (Fsp3) is 0.286. The van der Waals surface area contributed by atoms with Gasteiger partial charge in [-0.2, -0.15) is 9.67 Å². The maximum absolute atomic E-state index is 13.1. The second-order valence-corrected chi connectivity index (χ2v) is 8.55. The molecule has 4 heterocycles. The monoisotopic (exact) mass is 396 g/mol. The van der Waals surface area contributed by atoms with Crippen LogP contribution in [0.15, 0.2) is 64.7 Å². The largest absolute Gasteiger partial charge is 0.309 e. The number of hydrogen-bond acceptors (Lipinski definition) is 4. The lowest BCUT2D eigenvalue weighted by atomic mass is 10.1. The van der Waals surface area contributed by atoms with Crippen LogP contribution in [0.5, 0.6) is 0 Å². The first-order valence-corrected chi connectivity index (χ1v) is 11.0. The normalized spacial score (nSPS) is 16.6. The van der Waals surface area contributed by atoms with Crippen LogP contribution in [0.4, 0.5) is 0 Å². The summed E-state index contributed by atoms with van der Waals surface area (Å²) >= 11 is 3.36. The first kappa shape index (κ1) is 18.1. The molecule has 0 saturated heterocycles. The SMILES string of the molecule is CCCc1cc[n+](CC(=O)N2N=C(c3cccs3)C[C@@H]2c2cccs2)cc1. The molecule has 0 fully saturated rings. The summed E-state index contributed by atoms with van der Waals surface area (Å²) in [6.45, 7) is 2.47. The number of thiophene rings is 2. The van der Waals surface area contributed by atoms with Gasteiger partial charge >= 0.3 is 5.91 Å². The smallest absolute Gasteiger partial charge is 0.265 e. The van der Waals surface area contributed by atoms with Gasteiger partial charge in [-0.3, -0.25) is 4.79 Å². The molecule has 138 valence electrons. The number of aromatic nitrogens is 1. The molecule has 1 aliphatic heterocycles. The van der Waals surface area contributed by atoms with Gasteiger partial charge < -0.3 is 0 Å². The first-order valence-electron chi connectivity index (χ1n) is 9.19. The summed E-state index contributed by atoms with van der Waals surface area (Å²) in [5, 5.41) is 10.5. The number of amides is 1. The van der Waals surface area contributed by atoms with Crippen molar-refractivity contribution in [3.63, 3.8) is 0 Å². The first-order chi connectivity index (χ1) is 13.2. The predicted molar refractivity (Wildman–Crippen MR) is 110 cm³/mol. The highest BCUT2D eigenvalue weighted by atomic mass is 32.1. The lowest BCUT2D eigenvalue weighted by molar-refractivity contribution is -0.685. The van der Waals surface area contributed by atoms with Crippen molar-refractivity contribution in [1.29, 1.82) is 0 Å². The van der Waals surface area contributed by atoms with Gasteiger partial charge in [-0.25, -0.2) is 5.01 Å². The number of nitrogens with zero attached hydrogens (tertiary/aromatic N) is 3. The van der Waals surface area contributed by atoms with E-state index in [-0.39, 0.29) is 11.9 Å². The van der Waals surface area contributed by atoms with Gasteiger partial charge in [0.05, 0.1) is 16.6 Å². The molecule has 3 aromatic heterocycles. The van der Waals surface area contributed by atoms with Crippen LogP contribution in [0.25, 0.3) is 0 Å². The van der Waals surface area contributed by atoms with E-state index in [1.54, 1.807) is 27.7 Å². The van der Waals surface area contributed by atoms with E-state index in [1.165, 1.54) is 10.4 Å². The molecule has 1 atom stereocenters. The summed E-state index contributed by atoms with van der Waals surface area (Å²) in [6.07, 6.45) is 6.94. The molecule has 0 N–H and O–H groups in total. The summed E-state index contributed by atoms with van der Waals surface area (Å²) < 4.78 is 1.94. The number of pyridine rings is 1. The lowest BCUT2D eigenvalue weighted by Gasteiger charge is -2.19. The van der Waals surface area contributed by atoms with Gasteiger partial charge in [0.25, 0.3) is 0 Å². The van der Waals surface area contributed by atoms with Crippen LogP contribution < -0.4 is 4.57 Å². The summed E-state index contributed by atoms with van der Waals surface area (Å²) in [4.78, 5) is 15.4. The second-order valence-electron chi connectivity index (χ2n) is 6.63. The van der Waals surface area contributed by atoms with Gasteiger partial charge in [-0.15, -0.1) is 22.7 Å². The number of aryl methyl sites for hydroxylation is 1. The number of carbonyl (C=O) groups excluding carboxylic acids is 1.